The van der Waals surface area contributed by atoms with Gasteiger partial charge in [-0.25, -0.2) is 0 Å². The molecule has 0 aliphatic carbocycles. The second-order valence-electron chi connectivity index (χ2n) is 4.51. The van der Waals surface area contributed by atoms with Gasteiger partial charge in [-0.1, -0.05) is 38.0 Å². The van der Waals surface area contributed by atoms with Crippen molar-refractivity contribution in [3.05, 3.63) is 29.6 Å². The summed E-state index contributed by atoms with van der Waals surface area (Å²) >= 11 is 0. The largest absolute Gasteiger partial charge is 0.395 e. The third kappa shape index (κ3) is 5.85. The van der Waals surface area contributed by atoms with E-state index in [1.54, 1.807) is 18.5 Å². The van der Waals surface area contributed by atoms with Crippen LogP contribution in [0.4, 0.5) is 0 Å². The molecule has 1 aromatic rings. The molecular formula is C16H22N2O2. The van der Waals surface area contributed by atoms with Crippen molar-refractivity contribution in [1.82, 2.24) is 10.3 Å². The Balaban J connectivity index is 2.57. The SMILES string of the molecule is CCCCCCNC(=O)c1ccncc1C#CCCO. The summed E-state index contributed by atoms with van der Waals surface area (Å²) in [5, 5.41) is 11.6. The van der Waals surface area contributed by atoms with E-state index in [9.17, 15) is 4.79 Å². The van der Waals surface area contributed by atoms with Gasteiger partial charge in [-0.05, 0) is 12.5 Å². The molecule has 0 aliphatic rings. The minimum Gasteiger partial charge on any atom is -0.395 e. The smallest absolute Gasteiger partial charge is 0.252 e. The Morgan fingerprint density at radius 3 is 3.00 bits per heavy atom. The number of pyridine rings is 1. The Morgan fingerprint density at radius 2 is 2.25 bits per heavy atom. The lowest BCUT2D eigenvalue weighted by molar-refractivity contribution is 0.0952. The molecule has 108 valence electrons. The monoisotopic (exact) mass is 274 g/mol. The van der Waals surface area contributed by atoms with Crippen molar-refractivity contribution in [1.29, 1.82) is 0 Å². The molecular weight excluding hydrogens is 252 g/mol. The summed E-state index contributed by atoms with van der Waals surface area (Å²) in [5.41, 5.74) is 1.15. The lowest BCUT2D eigenvalue weighted by Crippen LogP contribution is -2.25. The maximum Gasteiger partial charge on any atom is 0.252 e. The van der Waals surface area contributed by atoms with E-state index in [1.165, 1.54) is 12.8 Å². The molecule has 0 radical (unpaired) electrons. The topological polar surface area (TPSA) is 62.2 Å². The first kappa shape index (κ1) is 16.2. The van der Waals surface area contributed by atoms with E-state index in [-0.39, 0.29) is 12.5 Å². The van der Waals surface area contributed by atoms with Crippen molar-refractivity contribution in [3.63, 3.8) is 0 Å². The fourth-order valence-corrected chi connectivity index (χ4v) is 1.75. The average Bonchev–Trinajstić information content (AvgIpc) is 2.47. The van der Waals surface area contributed by atoms with E-state index < -0.39 is 0 Å². The van der Waals surface area contributed by atoms with Crippen LogP contribution < -0.4 is 5.32 Å². The number of aliphatic hydroxyl groups is 1. The summed E-state index contributed by atoms with van der Waals surface area (Å²) in [7, 11) is 0. The first-order chi connectivity index (χ1) is 9.79. The van der Waals surface area contributed by atoms with Gasteiger partial charge in [0.1, 0.15) is 0 Å². The van der Waals surface area contributed by atoms with Gasteiger partial charge in [-0.3, -0.25) is 9.78 Å². The Bertz CT molecular complexity index is 475. The number of carbonyl (C=O) groups excluding carboxylic acids is 1. The molecule has 4 heteroatoms. The van der Waals surface area contributed by atoms with Crippen molar-refractivity contribution in [2.45, 2.75) is 39.0 Å². The van der Waals surface area contributed by atoms with Gasteiger partial charge in [-0.15, -0.1) is 0 Å². The lowest BCUT2D eigenvalue weighted by atomic mass is 10.1. The number of nitrogens with zero attached hydrogens (tertiary/aromatic N) is 1. The second kappa shape index (κ2) is 9.99. The number of aliphatic hydroxyl groups excluding tert-OH is 1. The minimum absolute atomic E-state index is 0.0201. The summed E-state index contributed by atoms with van der Waals surface area (Å²) in [6.07, 6.45) is 8.07. The van der Waals surface area contributed by atoms with Crippen LogP contribution in [0.2, 0.25) is 0 Å². The molecule has 1 heterocycles. The third-order valence-electron chi connectivity index (χ3n) is 2.84. The maximum atomic E-state index is 12.1. The predicted octanol–water partition coefficient (Wildman–Crippen LogP) is 2.13. The number of nitrogens with one attached hydrogen (secondary N) is 1. The number of carbonyl (C=O) groups is 1. The van der Waals surface area contributed by atoms with E-state index >= 15 is 0 Å². The fraction of sp³-hybridized carbons (Fsp3) is 0.500. The number of hydrogen-bond acceptors (Lipinski definition) is 3. The number of amides is 1. The number of rotatable bonds is 7. The molecule has 20 heavy (non-hydrogen) atoms. The number of aromatic nitrogens is 1. The van der Waals surface area contributed by atoms with E-state index in [1.807, 2.05) is 0 Å². The highest BCUT2D eigenvalue weighted by atomic mass is 16.2. The summed E-state index contributed by atoms with van der Waals surface area (Å²) in [6.45, 7) is 2.86. The van der Waals surface area contributed by atoms with Crippen LogP contribution in [-0.4, -0.2) is 29.1 Å². The Hall–Kier alpha value is -1.86. The Labute approximate surface area is 120 Å². The van der Waals surface area contributed by atoms with Gasteiger partial charge in [-0.2, -0.15) is 0 Å². The molecule has 0 fully saturated rings. The number of hydrogen-bond donors (Lipinski definition) is 2. The standard InChI is InChI=1S/C16H22N2O2/c1-2-3-4-6-10-18-16(20)15-9-11-17-13-14(15)8-5-7-12-19/h9,11,13,19H,2-4,6-7,10,12H2,1H3,(H,18,20). The van der Waals surface area contributed by atoms with Crippen LogP contribution in [0.3, 0.4) is 0 Å². The third-order valence-corrected chi connectivity index (χ3v) is 2.84. The van der Waals surface area contributed by atoms with E-state index in [4.69, 9.17) is 5.11 Å². The highest BCUT2D eigenvalue weighted by Crippen LogP contribution is 2.06. The molecule has 0 unspecified atom stereocenters. The van der Waals surface area contributed by atoms with Gasteiger partial charge in [0.2, 0.25) is 0 Å². The van der Waals surface area contributed by atoms with Crippen LogP contribution in [0.15, 0.2) is 18.5 Å². The molecule has 0 aromatic carbocycles. The summed E-state index contributed by atoms with van der Waals surface area (Å²) in [4.78, 5) is 16.1. The molecule has 1 amide bonds. The molecule has 1 aromatic heterocycles. The average molecular weight is 274 g/mol. The molecule has 2 N–H and O–H groups in total. The van der Waals surface area contributed by atoms with Crippen LogP contribution in [0.25, 0.3) is 0 Å². The van der Waals surface area contributed by atoms with E-state index in [0.29, 0.717) is 24.1 Å². The predicted molar refractivity (Wildman–Crippen MR) is 79.3 cm³/mol. The van der Waals surface area contributed by atoms with Gasteiger partial charge in [0.25, 0.3) is 5.91 Å². The van der Waals surface area contributed by atoms with Gasteiger partial charge in [0.15, 0.2) is 0 Å². The first-order valence-electron chi connectivity index (χ1n) is 7.11. The van der Waals surface area contributed by atoms with Crippen molar-refractivity contribution < 1.29 is 9.90 Å². The van der Waals surface area contributed by atoms with Crippen LogP contribution in [0, 0.1) is 11.8 Å². The zero-order valence-electron chi connectivity index (χ0n) is 12.0. The lowest BCUT2D eigenvalue weighted by Gasteiger charge is -2.06. The van der Waals surface area contributed by atoms with Gasteiger partial charge in [0.05, 0.1) is 17.7 Å². The molecule has 0 spiro atoms. The van der Waals surface area contributed by atoms with Gasteiger partial charge >= 0.3 is 0 Å². The van der Waals surface area contributed by atoms with E-state index in [0.717, 1.165) is 12.8 Å². The summed E-state index contributed by atoms with van der Waals surface area (Å²) in [5.74, 6) is 5.57. The molecule has 0 saturated carbocycles. The van der Waals surface area contributed by atoms with Crippen molar-refractivity contribution in [3.8, 4) is 11.8 Å². The van der Waals surface area contributed by atoms with Crippen molar-refractivity contribution in [2.75, 3.05) is 13.2 Å². The normalized spacial score (nSPS) is 9.70. The van der Waals surface area contributed by atoms with Crippen LogP contribution in [0.5, 0.6) is 0 Å². The van der Waals surface area contributed by atoms with Gasteiger partial charge < -0.3 is 10.4 Å². The summed E-state index contributed by atoms with van der Waals surface area (Å²) < 4.78 is 0. The van der Waals surface area contributed by atoms with Crippen LogP contribution in [-0.2, 0) is 0 Å². The summed E-state index contributed by atoms with van der Waals surface area (Å²) in [6, 6.07) is 1.67. The molecule has 0 aliphatic heterocycles. The maximum absolute atomic E-state index is 12.1. The zero-order chi connectivity index (χ0) is 14.6. The Morgan fingerprint density at radius 1 is 1.40 bits per heavy atom. The fourth-order valence-electron chi connectivity index (χ4n) is 1.75. The quantitative estimate of drug-likeness (QED) is 0.591. The van der Waals surface area contributed by atoms with Crippen LogP contribution >= 0.6 is 0 Å². The minimum atomic E-state index is -0.114. The van der Waals surface area contributed by atoms with Crippen molar-refractivity contribution >= 4 is 5.91 Å². The highest BCUT2D eigenvalue weighted by molar-refractivity contribution is 5.96. The van der Waals surface area contributed by atoms with Crippen molar-refractivity contribution in [2.24, 2.45) is 0 Å². The first-order valence-corrected chi connectivity index (χ1v) is 7.11. The highest BCUT2D eigenvalue weighted by Gasteiger charge is 2.08. The zero-order valence-corrected chi connectivity index (χ0v) is 12.0. The Kier molecular flexibility index (Phi) is 8.09. The molecule has 1 rings (SSSR count). The molecule has 4 nitrogen and oxygen atoms in total. The van der Waals surface area contributed by atoms with Gasteiger partial charge in [0, 0.05) is 25.4 Å². The molecule has 0 atom stereocenters. The molecule has 0 bridgehead atoms. The number of unbranched alkanes of at least 4 members (excludes halogenated alkanes) is 3. The van der Waals surface area contributed by atoms with E-state index in [2.05, 4.69) is 29.1 Å². The molecule has 0 saturated heterocycles. The second-order valence-corrected chi connectivity index (χ2v) is 4.51. The van der Waals surface area contributed by atoms with Crippen LogP contribution in [0.1, 0.15) is 54.9 Å².